The summed E-state index contributed by atoms with van der Waals surface area (Å²) in [5.74, 6) is -0.885. The van der Waals surface area contributed by atoms with Gasteiger partial charge in [-0.3, -0.25) is 14.5 Å². The van der Waals surface area contributed by atoms with Crippen molar-refractivity contribution in [2.45, 2.75) is 46.8 Å². The lowest BCUT2D eigenvalue weighted by Crippen LogP contribution is -2.29. The van der Waals surface area contributed by atoms with Crippen molar-refractivity contribution in [3.8, 4) is 17.2 Å². The van der Waals surface area contributed by atoms with Crippen molar-refractivity contribution in [2.24, 2.45) is 5.92 Å². The zero-order valence-electron chi connectivity index (χ0n) is 27.7. The van der Waals surface area contributed by atoms with Gasteiger partial charge in [0.2, 0.25) is 0 Å². The molecular weight excluding hydrogens is 632 g/mol. The molecule has 11 heteroatoms. The fourth-order valence-electron chi connectivity index (χ4n) is 5.29. The van der Waals surface area contributed by atoms with Crippen molar-refractivity contribution in [1.82, 2.24) is 4.98 Å². The molecule has 0 saturated carbocycles. The van der Waals surface area contributed by atoms with Gasteiger partial charge in [-0.25, -0.2) is 9.78 Å². The van der Waals surface area contributed by atoms with Gasteiger partial charge in [0.05, 0.1) is 38.1 Å². The minimum atomic E-state index is -1.10. The molecule has 2 heterocycles. The van der Waals surface area contributed by atoms with Crippen LogP contribution in [0.25, 0.3) is 5.76 Å². The maximum atomic E-state index is 13.7. The molecule has 0 spiro atoms. The zero-order valence-corrected chi connectivity index (χ0v) is 28.6. The summed E-state index contributed by atoms with van der Waals surface area (Å²) >= 11 is 0.927. The highest BCUT2D eigenvalue weighted by Crippen LogP contribution is 2.45. The standard InChI is InChI=1S/C37H38N2O8S/c1-21(2)17-18-46-28-16-13-25(19-29(28)44-5)31-30(33(41)35(42)39(31)37-38-23(4)34(48-37)36(43)45-6)32(40)24-11-14-27(15-12-24)47-20-26-10-8-7-9-22(26)3/h7-16,19,21,31,40H,17-18,20H2,1-6H3. The van der Waals surface area contributed by atoms with Crippen molar-refractivity contribution in [2.75, 3.05) is 25.7 Å². The average Bonchev–Trinajstić information content (AvgIpc) is 3.59. The fourth-order valence-corrected chi connectivity index (χ4v) is 6.30. The highest BCUT2D eigenvalue weighted by molar-refractivity contribution is 7.17. The number of rotatable bonds is 12. The number of hydrogen-bond acceptors (Lipinski definition) is 10. The predicted octanol–water partition coefficient (Wildman–Crippen LogP) is 7.19. The van der Waals surface area contributed by atoms with E-state index in [0.29, 0.717) is 53.2 Å². The number of ketones is 1. The molecule has 1 aromatic heterocycles. The van der Waals surface area contributed by atoms with Gasteiger partial charge in [-0.05, 0) is 79.3 Å². The van der Waals surface area contributed by atoms with Gasteiger partial charge in [0.15, 0.2) is 16.6 Å². The molecule has 1 unspecified atom stereocenters. The Morgan fingerprint density at radius 3 is 2.38 bits per heavy atom. The van der Waals surface area contributed by atoms with Crippen LogP contribution in [0.15, 0.2) is 72.3 Å². The number of esters is 1. The second-order valence-electron chi connectivity index (χ2n) is 11.8. The minimum absolute atomic E-state index is 0.107. The third-order valence-corrected chi connectivity index (χ3v) is 9.18. The summed E-state index contributed by atoms with van der Waals surface area (Å²) in [5.41, 5.74) is 3.13. The Morgan fingerprint density at radius 1 is 0.979 bits per heavy atom. The molecule has 0 aliphatic carbocycles. The summed E-state index contributed by atoms with van der Waals surface area (Å²) in [4.78, 5) is 45.8. The summed E-state index contributed by atoms with van der Waals surface area (Å²) in [6.45, 7) is 8.68. The quantitative estimate of drug-likeness (QED) is 0.0722. The lowest BCUT2D eigenvalue weighted by Gasteiger charge is -2.24. The maximum absolute atomic E-state index is 13.7. The number of aromatic nitrogens is 1. The Labute approximate surface area is 283 Å². The molecule has 0 radical (unpaired) electrons. The van der Waals surface area contributed by atoms with Crippen molar-refractivity contribution >= 4 is 39.9 Å². The van der Waals surface area contributed by atoms with E-state index >= 15 is 0 Å². The Balaban J connectivity index is 1.56. The molecule has 1 fully saturated rings. The first-order valence-electron chi connectivity index (χ1n) is 15.5. The van der Waals surface area contributed by atoms with Crippen molar-refractivity contribution in [3.05, 3.63) is 105 Å². The third kappa shape index (κ3) is 7.06. The average molecular weight is 671 g/mol. The summed E-state index contributed by atoms with van der Waals surface area (Å²) in [6, 6.07) is 18.6. The van der Waals surface area contributed by atoms with Crippen LogP contribution in [-0.4, -0.2) is 48.6 Å². The Bertz CT molecular complexity index is 1860. The predicted molar refractivity (Wildman–Crippen MR) is 183 cm³/mol. The molecule has 3 aromatic carbocycles. The summed E-state index contributed by atoms with van der Waals surface area (Å²) in [6.07, 6.45) is 0.840. The molecule has 0 bridgehead atoms. The number of Topliss-reactive ketones (excluding diaryl/α,β-unsaturated/α-hetero) is 1. The molecule has 1 amide bonds. The van der Waals surface area contributed by atoms with Crippen LogP contribution in [0, 0.1) is 19.8 Å². The molecule has 1 atom stereocenters. The number of thiazole rings is 1. The first-order chi connectivity index (χ1) is 23.0. The first kappa shape index (κ1) is 34.2. The number of amides is 1. The Morgan fingerprint density at radius 2 is 1.71 bits per heavy atom. The smallest absolute Gasteiger partial charge is 0.350 e. The number of ether oxygens (including phenoxy) is 4. The number of hydrogen-bond donors (Lipinski definition) is 1. The SMILES string of the molecule is COC(=O)c1sc(N2C(=O)C(=O)C(=C(O)c3ccc(OCc4ccccc4C)cc3)C2c2ccc(OCCC(C)C)c(OC)c2)nc1C. The molecule has 10 nitrogen and oxygen atoms in total. The molecule has 4 aromatic rings. The van der Waals surface area contributed by atoms with Crippen LogP contribution < -0.4 is 19.1 Å². The normalized spacial score (nSPS) is 15.6. The third-order valence-electron chi connectivity index (χ3n) is 8.05. The van der Waals surface area contributed by atoms with Crippen LogP contribution in [0.4, 0.5) is 5.13 Å². The second-order valence-corrected chi connectivity index (χ2v) is 12.7. The molecule has 1 saturated heterocycles. The van der Waals surface area contributed by atoms with Crippen LogP contribution >= 0.6 is 11.3 Å². The van der Waals surface area contributed by atoms with Crippen LogP contribution in [0.5, 0.6) is 17.2 Å². The molecule has 1 N–H and O–H groups in total. The maximum Gasteiger partial charge on any atom is 0.350 e. The van der Waals surface area contributed by atoms with E-state index < -0.39 is 23.7 Å². The highest BCUT2D eigenvalue weighted by Gasteiger charge is 2.48. The summed E-state index contributed by atoms with van der Waals surface area (Å²) < 4.78 is 22.5. The van der Waals surface area contributed by atoms with Gasteiger partial charge in [0.1, 0.15) is 23.0 Å². The molecule has 1 aliphatic heterocycles. The van der Waals surface area contributed by atoms with Gasteiger partial charge in [-0.15, -0.1) is 0 Å². The van der Waals surface area contributed by atoms with Crippen molar-refractivity contribution in [3.63, 3.8) is 0 Å². The van der Waals surface area contributed by atoms with Crippen LogP contribution in [0.1, 0.15) is 63.9 Å². The van der Waals surface area contributed by atoms with E-state index in [1.54, 1.807) is 49.4 Å². The molecule has 5 rings (SSSR count). The van der Waals surface area contributed by atoms with E-state index in [1.165, 1.54) is 19.1 Å². The summed E-state index contributed by atoms with van der Waals surface area (Å²) in [7, 11) is 2.75. The molecule has 48 heavy (non-hydrogen) atoms. The Hall–Kier alpha value is -5.16. The number of aliphatic hydroxyl groups is 1. The fraction of sp³-hybridized carbons (Fsp3) is 0.297. The highest BCUT2D eigenvalue weighted by atomic mass is 32.1. The first-order valence-corrected chi connectivity index (χ1v) is 16.3. The minimum Gasteiger partial charge on any atom is -0.507 e. The van der Waals surface area contributed by atoms with Crippen LogP contribution in [0.3, 0.4) is 0 Å². The van der Waals surface area contributed by atoms with Crippen molar-refractivity contribution < 1.29 is 38.4 Å². The van der Waals surface area contributed by atoms with E-state index in [1.807, 2.05) is 31.2 Å². The van der Waals surface area contributed by atoms with Crippen LogP contribution in [0.2, 0.25) is 0 Å². The van der Waals surface area contributed by atoms with Gasteiger partial charge >= 0.3 is 11.9 Å². The lowest BCUT2D eigenvalue weighted by molar-refractivity contribution is -0.132. The monoisotopic (exact) mass is 670 g/mol. The second kappa shape index (κ2) is 14.7. The van der Waals surface area contributed by atoms with Gasteiger partial charge in [-0.2, -0.15) is 0 Å². The van der Waals surface area contributed by atoms with E-state index in [-0.39, 0.29) is 21.3 Å². The van der Waals surface area contributed by atoms with E-state index in [4.69, 9.17) is 18.9 Å². The van der Waals surface area contributed by atoms with Gasteiger partial charge in [0.25, 0.3) is 5.78 Å². The Kier molecular flexibility index (Phi) is 10.5. The van der Waals surface area contributed by atoms with Crippen molar-refractivity contribution in [1.29, 1.82) is 0 Å². The van der Waals surface area contributed by atoms with E-state index in [2.05, 4.69) is 18.8 Å². The van der Waals surface area contributed by atoms with E-state index in [9.17, 15) is 19.5 Å². The van der Waals surface area contributed by atoms with Gasteiger partial charge in [-0.1, -0.05) is 55.5 Å². The molecule has 250 valence electrons. The number of carbonyl (C=O) groups is 3. The lowest BCUT2D eigenvalue weighted by atomic mass is 9.95. The zero-order chi connectivity index (χ0) is 34.5. The molecule has 1 aliphatic rings. The number of methoxy groups -OCH3 is 2. The number of benzene rings is 3. The largest absolute Gasteiger partial charge is 0.507 e. The van der Waals surface area contributed by atoms with E-state index in [0.717, 1.165) is 28.9 Å². The number of anilines is 1. The topological polar surface area (TPSA) is 124 Å². The summed E-state index contributed by atoms with van der Waals surface area (Å²) in [5, 5.41) is 11.8. The number of aliphatic hydroxyl groups excluding tert-OH is 1. The van der Waals surface area contributed by atoms with Crippen LogP contribution in [-0.2, 0) is 20.9 Å². The van der Waals surface area contributed by atoms with Gasteiger partial charge < -0.3 is 24.1 Å². The van der Waals surface area contributed by atoms with Gasteiger partial charge in [0, 0.05) is 5.56 Å². The molecular formula is C37H38N2O8S. The number of aryl methyl sites for hydroxylation is 2. The number of carbonyl (C=O) groups excluding carboxylic acids is 3. The number of nitrogens with zero attached hydrogens (tertiary/aromatic N) is 2.